The third-order valence-corrected chi connectivity index (χ3v) is 3.82. The average molecular weight is 441 g/mol. The van der Waals surface area contributed by atoms with E-state index in [1.54, 1.807) is 13.0 Å². The van der Waals surface area contributed by atoms with Crippen LogP contribution in [0.2, 0.25) is 0 Å². The summed E-state index contributed by atoms with van der Waals surface area (Å²) < 4.78 is 1.74. The van der Waals surface area contributed by atoms with Crippen molar-refractivity contribution in [3.8, 4) is 0 Å². The van der Waals surface area contributed by atoms with E-state index in [9.17, 15) is 9.90 Å². The number of carbonyl (C=O) groups excluding carboxylic acids is 1. The Morgan fingerprint density at radius 1 is 1.53 bits per heavy atom. The van der Waals surface area contributed by atoms with Crippen LogP contribution in [-0.4, -0.2) is 48.7 Å². The number of nitrogens with one attached hydrogen (secondary N) is 1. The van der Waals surface area contributed by atoms with Crippen LogP contribution in [0.4, 0.5) is 0 Å². The molecular formula is C13H18BrIN2O2. The summed E-state index contributed by atoms with van der Waals surface area (Å²) in [6.45, 7) is 2.40. The third-order valence-electron chi connectivity index (χ3n) is 2.46. The zero-order valence-corrected chi connectivity index (χ0v) is 14.9. The minimum atomic E-state index is -0.951. The van der Waals surface area contributed by atoms with Gasteiger partial charge in [0.25, 0.3) is 5.91 Å². The molecule has 1 amide bonds. The summed E-state index contributed by atoms with van der Waals surface area (Å²) in [6, 6.07) is 5.57. The molecule has 4 nitrogen and oxygen atoms in total. The van der Waals surface area contributed by atoms with Crippen molar-refractivity contribution in [3.05, 3.63) is 31.8 Å². The predicted octanol–water partition coefficient (Wildman–Crippen LogP) is 2.10. The van der Waals surface area contributed by atoms with Crippen LogP contribution in [0.3, 0.4) is 0 Å². The van der Waals surface area contributed by atoms with E-state index in [4.69, 9.17) is 0 Å². The van der Waals surface area contributed by atoms with E-state index in [1.807, 2.05) is 31.1 Å². The molecule has 6 heteroatoms. The molecule has 0 heterocycles. The summed E-state index contributed by atoms with van der Waals surface area (Å²) in [6.07, 6.45) is 0. The van der Waals surface area contributed by atoms with Gasteiger partial charge in [-0.3, -0.25) is 4.79 Å². The zero-order valence-electron chi connectivity index (χ0n) is 11.2. The van der Waals surface area contributed by atoms with Gasteiger partial charge in [0.2, 0.25) is 0 Å². The van der Waals surface area contributed by atoms with Crippen LogP contribution >= 0.6 is 38.5 Å². The van der Waals surface area contributed by atoms with E-state index in [0.29, 0.717) is 12.1 Å². The van der Waals surface area contributed by atoms with Gasteiger partial charge in [-0.25, -0.2) is 0 Å². The number of likely N-dealkylation sites (N-methyl/N-ethyl adjacent to an activating group) is 1. The number of nitrogens with zero attached hydrogens (tertiary/aromatic N) is 1. The van der Waals surface area contributed by atoms with E-state index >= 15 is 0 Å². The highest BCUT2D eigenvalue weighted by Crippen LogP contribution is 2.19. The summed E-state index contributed by atoms with van der Waals surface area (Å²) in [4.78, 5) is 14.0. The van der Waals surface area contributed by atoms with Gasteiger partial charge < -0.3 is 15.3 Å². The molecule has 0 aliphatic rings. The fraction of sp³-hybridized carbons (Fsp3) is 0.462. The Morgan fingerprint density at radius 3 is 2.74 bits per heavy atom. The molecule has 1 unspecified atom stereocenters. The number of rotatable bonds is 5. The quantitative estimate of drug-likeness (QED) is 0.689. The molecule has 1 aromatic carbocycles. The standard InChI is InChI=1S/C13H18BrIN2O2/c1-13(19,8-17(2)3)7-16-12(18)10-6-9(15)4-5-11(10)14/h4-6,19H,7-8H2,1-3H3,(H,16,18). The molecule has 0 radical (unpaired) electrons. The Kier molecular flexibility index (Phi) is 6.22. The van der Waals surface area contributed by atoms with Gasteiger partial charge in [0.15, 0.2) is 0 Å². The summed E-state index contributed by atoms with van der Waals surface area (Å²) in [5, 5.41) is 12.9. The number of hydrogen-bond donors (Lipinski definition) is 2. The first kappa shape index (κ1) is 16.9. The Bertz CT molecular complexity index is 464. The summed E-state index contributed by atoms with van der Waals surface area (Å²) in [7, 11) is 3.76. The van der Waals surface area contributed by atoms with Gasteiger partial charge in [-0.15, -0.1) is 0 Å². The minimum absolute atomic E-state index is 0.190. The SMILES string of the molecule is CN(C)CC(C)(O)CNC(=O)c1cc(I)ccc1Br. The van der Waals surface area contributed by atoms with E-state index in [1.165, 1.54) is 0 Å². The van der Waals surface area contributed by atoms with Gasteiger partial charge in [0.1, 0.15) is 0 Å². The topological polar surface area (TPSA) is 52.6 Å². The van der Waals surface area contributed by atoms with Crippen LogP contribution in [0.1, 0.15) is 17.3 Å². The van der Waals surface area contributed by atoms with Crippen LogP contribution in [0, 0.1) is 3.57 Å². The molecule has 19 heavy (non-hydrogen) atoms. The normalized spacial score (nSPS) is 14.3. The zero-order chi connectivity index (χ0) is 14.6. The molecule has 0 aliphatic carbocycles. The molecule has 0 aliphatic heterocycles. The predicted molar refractivity (Wildman–Crippen MR) is 88.4 cm³/mol. The Morgan fingerprint density at radius 2 is 2.16 bits per heavy atom. The summed E-state index contributed by atoms with van der Waals surface area (Å²) in [5.74, 6) is -0.190. The largest absolute Gasteiger partial charge is 0.387 e. The molecule has 0 spiro atoms. The lowest BCUT2D eigenvalue weighted by Gasteiger charge is -2.27. The number of amides is 1. The second-order valence-corrected chi connectivity index (χ2v) is 7.14. The first-order valence-electron chi connectivity index (χ1n) is 5.82. The van der Waals surface area contributed by atoms with Crippen molar-refractivity contribution in [2.24, 2.45) is 0 Å². The molecule has 0 aromatic heterocycles. The van der Waals surface area contributed by atoms with Crippen molar-refractivity contribution < 1.29 is 9.90 Å². The van der Waals surface area contributed by atoms with E-state index in [0.717, 1.165) is 8.04 Å². The molecule has 2 N–H and O–H groups in total. The van der Waals surface area contributed by atoms with Crippen molar-refractivity contribution in [3.63, 3.8) is 0 Å². The molecule has 0 fully saturated rings. The van der Waals surface area contributed by atoms with Gasteiger partial charge in [0.05, 0.1) is 11.2 Å². The first-order valence-corrected chi connectivity index (χ1v) is 7.69. The van der Waals surface area contributed by atoms with E-state index in [2.05, 4.69) is 43.8 Å². The number of hydrogen-bond acceptors (Lipinski definition) is 3. The highest BCUT2D eigenvalue weighted by molar-refractivity contribution is 14.1. The van der Waals surface area contributed by atoms with E-state index < -0.39 is 5.60 Å². The fourth-order valence-electron chi connectivity index (χ4n) is 1.77. The van der Waals surface area contributed by atoms with Crippen molar-refractivity contribution in [2.45, 2.75) is 12.5 Å². The lowest BCUT2D eigenvalue weighted by molar-refractivity contribution is 0.0326. The van der Waals surface area contributed by atoms with Gasteiger partial charge in [-0.1, -0.05) is 0 Å². The second-order valence-electron chi connectivity index (χ2n) is 5.04. The van der Waals surface area contributed by atoms with Crippen LogP contribution in [0.25, 0.3) is 0 Å². The Labute approximate surface area is 135 Å². The summed E-state index contributed by atoms with van der Waals surface area (Å²) in [5.41, 5.74) is -0.374. The van der Waals surface area contributed by atoms with Crippen LogP contribution in [0.15, 0.2) is 22.7 Å². The molecule has 1 atom stereocenters. The smallest absolute Gasteiger partial charge is 0.252 e. The second kappa shape index (κ2) is 7.01. The monoisotopic (exact) mass is 440 g/mol. The van der Waals surface area contributed by atoms with Crippen molar-refractivity contribution in [1.82, 2.24) is 10.2 Å². The highest BCUT2D eigenvalue weighted by atomic mass is 127. The number of aliphatic hydroxyl groups is 1. The third kappa shape index (κ3) is 5.76. The lowest BCUT2D eigenvalue weighted by Crippen LogP contribution is -2.47. The highest BCUT2D eigenvalue weighted by Gasteiger charge is 2.22. The molecule has 0 saturated heterocycles. The van der Waals surface area contributed by atoms with Crippen LogP contribution in [-0.2, 0) is 0 Å². The maximum absolute atomic E-state index is 12.1. The van der Waals surface area contributed by atoms with Crippen molar-refractivity contribution in [1.29, 1.82) is 0 Å². The van der Waals surface area contributed by atoms with Crippen LogP contribution < -0.4 is 5.32 Å². The first-order chi connectivity index (χ1) is 8.71. The van der Waals surface area contributed by atoms with Gasteiger partial charge in [-0.2, -0.15) is 0 Å². The van der Waals surface area contributed by atoms with Gasteiger partial charge in [-0.05, 0) is 77.7 Å². The fourth-order valence-corrected chi connectivity index (χ4v) is 2.69. The number of halogens is 2. The number of carbonyl (C=O) groups is 1. The van der Waals surface area contributed by atoms with Crippen molar-refractivity contribution in [2.75, 3.05) is 27.2 Å². The lowest BCUT2D eigenvalue weighted by atomic mass is 10.1. The summed E-state index contributed by atoms with van der Waals surface area (Å²) >= 11 is 5.52. The van der Waals surface area contributed by atoms with Gasteiger partial charge >= 0.3 is 0 Å². The maximum atomic E-state index is 12.1. The Hall–Kier alpha value is -0.180. The molecule has 1 rings (SSSR count). The van der Waals surface area contributed by atoms with E-state index in [-0.39, 0.29) is 12.5 Å². The van der Waals surface area contributed by atoms with Crippen LogP contribution in [0.5, 0.6) is 0 Å². The van der Waals surface area contributed by atoms with Gasteiger partial charge in [0, 0.05) is 21.1 Å². The Balaban J connectivity index is 2.68. The molecule has 106 valence electrons. The molecule has 0 saturated carbocycles. The number of benzene rings is 1. The van der Waals surface area contributed by atoms with Crippen molar-refractivity contribution >= 4 is 44.4 Å². The molecular weight excluding hydrogens is 423 g/mol. The molecule has 0 bridgehead atoms. The minimum Gasteiger partial charge on any atom is -0.387 e. The average Bonchev–Trinajstić information content (AvgIpc) is 2.27. The maximum Gasteiger partial charge on any atom is 0.252 e. The molecule has 1 aromatic rings.